The second kappa shape index (κ2) is 8.80. The number of para-hydroxylation sites is 1. The number of hydrogen-bond acceptors (Lipinski definition) is 6. The summed E-state index contributed by atoms with van der Waals surface area (Å²) in [6.07, 6.45) is 1.82. The smallest absolute Gasteiger partial charge is 0.297 e. The van der Waals surface area contributed by atoms with Gasteiger partial charge in [-0.05, 0) is 44.0 Å². The number of aromatic nitrogens is 2. The molecule has 2 aromatic heterocycles. The van der Waals surface area contributed by atoms with Crippen molar-refractivity contribution in [3.63, 3.8) is 0 Å². The number of hydrogen-bond donors (Lipinski definition) is 1. The summed E-state index contributed by atoms with van der Waals surface area (Å²) in [4.78, 5) is 30.6. The minimum Gasteiger partial charge on any atom is -0.448 e. The summed E-state index contributed by atoms with van der Waals surface area (Å²) >= 11 is 1.24. The zero-order chi connectivity index (χ0) is 22.1. The van der Waals surface area contributed by atoms with Gasteiger partial charge in [0.2, 0.25) is 11.5 Å². The van der Waals surface area contributed by atoms with E-state index in [1.165, 1.54) is 11.8 Å². The first-order chi connectivity index (χ1) is 15.6. The topological polar surface area (TPSA) is 86.4 Å². The van der Waals surface area contributed by atoms with Gasteiger partial charge < -0.3 is 14.5 Å². The first kappa shape index (κ1) is 20.8. The SMILES string of the molecule is Cc1ccc(NC(=O)CSc2nc3c(oc4ccccc43)c(=O)n2C[C@@H]2CCCO2)cc1. The summed E-state index contributed by atoms with van der Waals surface area (Å²) in [6.45, 7) is 3.08. The molecule has 1 aliphatic rings. The summed E-state index contributed by atoms with van der Waals surface area (Å²) in [5, 5.41) is 4.17. The van der Waals surface area contributed by atoms with Gasteiger partial charge in [0.05, 0.1) is 18.4 Å². The van der Waals surface area contributed by atoms with Crippen molar-refractivity contribution >= 4 is 45.4 Å². The van der Waals surface area contributed by atoms with Gasteiger partial charge in [-0.25, -0.2) is 4.98 Å². The standard InChI is InChI=1S/C24H23N3O4S/c1-15-8-10-16(11-9-15)25-20(28)14-32-24-26-21-18-6-2-3-7-19(18)31-22(21)23(29)27(24)13-17-5-4-12-30-17/h2-3,6-11,17H,4-5,12-14H2,1H3,(H,25,28)/t17-/m0/s1. The number of amides is 1. The third-order valence-corrected chi connectivity index (χ3v) is 6.50. The first-order valence-electron chi connectivity index (χ1n) is 10.6. The first-order valence-corrected chi connectivity index (χ1v) is 11.6. The molecule has 0 saturated carbocycles. The predicted molar refractivity (Wildman–Crippen MR) is 125 cm³/mol. The molecule has 5 rings (SSSR count). The normalized spacial score (nSPS) is 16.1. The molecule has 0 spiro atoms. The lowest BCUT2D eigenvalue weighted by Crippen LogP contribution is -2.29. The average molecular weight is 450 g/mol. The molecule has 1 amide bonds. The Bertz CT molecular complexity index is 1340. The lowest BCUT2D eigenvalue weighted by atomic mass is 10.2. The number of nitrogens with zero attached hydrogens (tertiary/aromatic N) is 2. The maximum Gasteiger partial charge on any atom is 0.297 e. The summed E-state index contributed by atoms with van der Waals surface area (Å²) in [7, 11) is 0. The van der Waals surface area contributed by atoms with Crippen molar-refractivity contribution in [1.29, 1.82) is 0 Å². The van der Waals surface area contributed by atoms with Crippen molar-refractivity contribution in [2.45, 2.75) is 37.6 Å². The van der Waals surface area contributed by atoms with Crippen LogP contribution in [0.4, 0.5) is 5.69 Å². The molecule has 0 bridgehead atoms. The van der Waals surface area contributed by atoms with Crippen LogP contribution in [0.2, 0.25) is 0 Å². The third kappa shape index (κ3) is 4.16. The van der Waals surface area contributed by atoms with Crippen LogP contribution in [-0.4, -0.2) is 33.9 Å². The molecule has 1 fully saturated rings. The van der Waals surface area contributed by atoms with E-state index in [-0.39, 0.29) is 28.9 Å². The van der Waals surface area contributed by atoms with E-state index in [1.807, 2.05) is 55.5 Å². The van der Waals surface area contributed by atoms with Gasteiger partial charge in [0.15, 0.2) is 5.16 Å². The Morgan fingerprint density at radius 2 is 2.03 bits per heavy atom. The number of aryl methyl sites for hydroxylation is 1. The van der Waals surface area contributed by atoms with E-state index in [0.29, 0.717) is 29.4 Å². The van der Waals surface area contributed by atoms with E-state index in [4.69, 9.17) is 14.1 Å². The summed E-state index contributed by atoms with van der Waals surface area (Å²) in [6, 6.07) is 15.1. The zero-order valence-corrected chi connectivity index (χ0v) is 18.5. The average Bonchev–Trinajstić information content (AvgIpc) is 3.44. The van der Waals surface area contributed by atoms with E-state index >= 15 is 0 Å². The molecular weight excluding hydrogens is 426 g/mol. The minimum atomic E-state index is -0.247. The van der Waals surface area contributed by atoms with Crippen molar-refractivity contribution in [2.75, 3.05) is 17.7 Å². The van der Waals surface area contributed by atoms with E-state index < -0.39 is 0 Å². The van der Waals surface area contributed by atoms with Gasteiger partial charge in [-0.1, -0.05) is 41.6 Å². The number of carbonyl (C=O) groups excluding carboxylic acids is 1. The number of furan rings is 1. The molecule has 0 aliphatic carbocycles. The summed E-state index contributed by atoms with van der Waals surface area (Å²) in [5.74, 6) is -0.0263. The van der Waals surface area contributed by atoms with Gasteiger partial charge in [0.1, 0.15) is 11.1 Å². The van der Waals surface area contributed by atoms with Crippen LogP contribution in [0, 0.1) is 6.92 Å². The third-order valence-electron chi connectivity index (χ3n) is 5.52. The molecule has 1 saturated heterocycles. The Kier molecular flexibility index (Phi) is 5.71. The number of ether oxygens (including phenoxy) is 1. The Balaban J connectivity index is 1.46. The number of fused-ring (bicyclic) bond motifs is 3. The van der Waals surface area contributed by atoms with Crippen LogP contribution in [-0.2, 0) is 16.1 Å². The van der Waals surface area contributed by atoms with Crippen molar-refractivity contribution in [1.82, 2.24) is 9.55 Å². The largest absolute Gasteiger partial charge is 0.448 e. The molecule has 1 atom stereocenters. The van der Waals surface area contributed by atoms with Gasteiger partial charge in [-0.2, -0.15) is 0 Å². The fourth-order valence-corrected chi connectivity index (χ4v) is 4.68. The Labute approximate surface area is 188 Å². The quantitative estimate of drug-likeness (QED) is 0.348. The molecule has 1 aliphatic heterocycles. The fourth-order valence-electron chi connectivity index (χ4n) is 3.88. The number of benzene rings is 2. The molecule has 3 heterocycles. The molecule has 1 N–H and O–H groups in total. The molecule has 8 heteroatoms. The van der Waals surface area contributed by atoms with E-state index in [2.05, 4.69) is 5.32 Å². The number of nitrogens with one attached hydrogen (secondary N) is 1. The highest BCUT2D eigenvalue weighted by Crippen LogP contribution is 2.28. The van der Waals surface area contributed by atoms with E-state index in [0.717, 1.165) is 29.5 Å². The van der Waals surface area contributed by atoms with Crippen LogP contribution in [0.1, 0.15) is 18.4 Å². The molecule has 164 valence electrons. The minimum absolute atomic E-state index is 0.0444. The van der Waals surface area contributed by atoms with Crippen LogP contribution in [0.15, 0.2) is 62.9 Å². The number of thioether (sulfide) groups is 1. The second-order valence-electron chi connectivity index (χ2n) is 7.92. The highest BCUT2D eigenvalue weighted by atomic mass is 32.2. The van der Waals surface area contributed by atoms with Crippen molar-refractivity contribution in [2.24, 2.45) is 0 Å². The van der Waals surface area contributed by atoms with Crippen LogP contribution < -0.4 is 10.9 Å². The predicted octanol–water partition coefficient (Wildman–Crippen LogP) is 4.36. The Hall–Kier alpha value is -3.10. The van der Waals surface area contributed by atoms with Gasteiger partial charge in [-0.3, -0.25) is 14.2 Å². The molecular formula is C24H23N3O4S. The number of carbonyl (C=O) groups is 1. The van der Waals surface area contributed by atoms with Crippen LogP contribution >= 0.6 is 11.8 Å². The zero-order valence-electron chi connectivity index (χ0n) is 17.7. The molecule has 32 heavy (non-hydrogen) atoms. The second-order valence-corrected chi connectivity index (χ2v) is 8.87. The van der Waals surface area contributed by atoms with E-state index in [1.54, 1.807) is 4.57 Å². The molecule has 0 radical (unpaired) electrons. The monoisotopic (exact) mass is 449 g/mol. The highest BCUT2D eigenvalue weighted by molar-refractivity contribution is 7.99. The number of anilines is 1. The fraction of sp³-hybridized carbons (Fsp3) is 0.292. The summed E-state index contributed by atoms with van der Waals surface area (Å²) in [5.41, 5.74) is 2.99. The molecule has 0 unspecified atom stereocenters. The molecule has 4 aromatic rings. The van der Waals surface area contributed by atoms with Gasteiger partial charge in [-0.15, -0.1) is 0 Å². The van der Waals surface area contributed by atoms with Crippen LogP contribution in [0.3, 0.4) is 0 Å². The van der Waals surface area contributed by atoms with Gasteiger partial charge in [0.25, 0.3) is 5.56 Å². The molecule has 7 nitrogen and oxygen atoms in total. The van der Waals surface area contributed by atoms with E-state index in [9.17, 15) is 9.59 Å². The van der Waals surface area contributed by atoms with Crippen LogP contribution in [0.5, 0.6) is 0 Å². The highest BCUT2D eigenvalue weighted by Gasteiger charge is 2.23. The van der Waals surface area contributed by atoms with Gasteiger partial charge in [0, 0.05) is 17.7 Å². The Morgan fingerprint density at radius 3 is 2.81 bits per heavy atom. The lowest BCUT2D eigenvalue weighted by molar-refractivity contribution is -0.113. The maximum atomic E-state index is 13.3. The van der Waals surface area contributed by atoms with Gasteiger partial charge >= 0.3 is 0 Å². The van der Waals surface area contributed by atoms with Crippen molar-refractivity contribution < 1.29 is 13.9 Å². The Morgan fingerprint density at radius 1 is 1.22 bits per heavy atom. The number of rotatable bonds is 6. The summed E-state index contributed by atoms with van der Waals surface area (Å²) < 4.78 is 13.2. The van der Waals surface area contributed by atoms with Crippen molar-refractivity contribution in [3.8, 4) is 0 Å². The lowest BCUT2D eigenvalue weighted by Gasteiger charge is -2.15. The molecule has 2 aromatic carbocycles. The van der Waals surface area contributed by atoms with Crippen LogP contribution in [0.25, 0.3) is 22.1 Å². The van der Waals surface area contributed by atoms with Crippen molar-refractivity contribution in [3.05, 3.63) is 64.4 Å². The maximum absolute atomic E-state index is 13.3.